The fourth-order valence-electron chi connectivity index (χ4n) is 2.82. The van der Waals surface area contributed by atoms with Crippen molar-refractivity contribution in [2.24, 2.45) is 0 Å². The van der Waals surface area contributed by atoms with E-state index < -0.39 is 0 Å². The van der Waals surface area contributed by atoms with Gasteiger partial charge in [0.15, 0.2) is 11.5 Å². The number of aromatic nitrogens is 1. The van der Waals surface area contributed by atoms with Crippen LogP contribution >= 0.6 is 11.6 Å². The molecule has 1 N–H and O–H groups in total. The van der Waals surface area contributed by atoms with E-state index in [0.717, 1.165) is 28.0 Å². The van der Waals surface area contributed by atoms with E-state index in [1.54, 1.807) is 12.3 Å². The van der Waals surface area contributed by atoms with Crippen LogP contribution in [0, 0.1) is 0 Å². The molecular formula is C19H15ClN2O3. The van der Waals surface area contributed by atoms with Crippen molar-refractivity contribution in [3.05, 3.63) is 59.2 Å². The smallest absolute Gasteiger partial charge is 0.231 e. The predicted octanol–water partition coefficient (Wildman–Crippen LogP) is 4.19. The Labute approximate surface area is 149 Å². The van der Waals surface area contributed by atoms with Crippen LogP contribution in [0.5, 0.6) is 11.5 Å². The van der Waals surface area contributed by atoms with E-state index in [1.165, 1.54) is 0 Å². The van der Waals surface area contributed by atoms with Gasteiger partial charge in [-0.2, -0.15) is 0 Å². The van der Waals surface area contributed by atoms with Crippen molar-refractivity contribution in [2.45, 2.75) is 12.8 Å². The van der Waals surface area contributed by atoms with Crippen molar-refractivity contribution in [3.63, 3.8) is 0 Å². The van der Waals surface area contributed by atoms with Crippen LogP contribution in [0.2, 0.25) is 5.02 Å². The average molecular weight is 355 g/mol. The van der Waals surface area contributed by atoms with E-state index in [9.17, 15) is 4.79 Å². The maximum atomic E-state index is 12.3. The first kappa shape index (κ1) is 15.7. The summed E-state index contributed by atoms with van der Waals surface area (Å²) in [6.45, 7) is 0.244. The van der Waals surface area contributed by atoms with Gasteiger partial charge in [0.1, 0.15) is 0 Å². The number of fused-ring (bicyclic) bond motifs is 2. The Balaban J connectivity index is 1.46. The molecule has 1 amide bonds. The largest absolute Gasteiger partial charge is 0.454 e. The molecule has 4 rings (SSSR count). The number of hydrogen-bond donors (Lipinski definition) is 1. The maximum Gasteiger partial charge on any atom is 0.231 e. The molecule has 0 radical (unpaired) electrons. The minimum atomic E-state index is -0.0908. The van der Waals surface area contributed by atoms with Gasteiger partial charge in [0.05, 0.1) is 11.2 Å². The zero-order valence-corrected chi connectivity index (χ0v) is 14.0. The highest BCUT2D eigenvalue weighted by molar-refractivity contribution is 6.32. The number of benzene rings is 2. The monoisotopic (exact) mass is 354 g/mol. The number of aryl methyl sites for hydroxylation is 1. The van der Waals surface area contributed by atoms with E-state index in [2.05, 4.69) is 10.3 Å². The van der Waals surface area contributed by atoms with Gasteiger partial charge in [-0.25, -0.2) is 0 Å². The summed E-state index contributed by atoms with van der Waals surface area (Å²) in [5, 5.41) is 4.36. The summed E-state index contributed by atoms with van der Waals surface area (Å²) < 4.78 is 10.6. The molecule has 0 saturated carbocycles. The highest BCUT2D eigenvalue weighted by atomic mass is 35.5. The Morgan fingerprint density at radius 1 is 1.16 bits per heavy atom. The molecule has 1 aliphatic rings. The lowest BCUT2D eigenvalue weighted by Gasteiger charge is -2.09. The molecule has 0 aliphatic carbocycles. The van der Waals surface area contributed by atoms with Crippen molar-refractivity contribution in [1.29, 1.82) is 0 Å². The Morgan fingerprint density at radius 3 is 2.96 bits per heavy atom. The summed E-state index contributed by atoms with van der Waals surface area (Å²) in [7, 11) is 0. The van der Waals surface area contributed by atoms with Crippen LogP contribution < -0.4 is 14.8 Å². The number of ether oxygens (including phenoxy) is 2. The fraction of sp³-hybridized carbons (Fsp3) is 0.158. The Morgan fingerprint density at radius 2 is 2.04 bits per heavy atom. The molecule has 0 unspecified atom stereocenters. The number of halogens is 1. The molecule has 25 heavy (non-hydrogen) atoms. The normalized spacial score (nSPS) is 12.4. The van der Waals surface area contributed by atoms with Crippen molar-refractivity contribution in [1.82, 2.24) is 4.98 Å². The van der Waals surface area contributed by atoms with Crippen LogP contribution in [0.25, 0.3) is 10.9 Å². The third-order valence-corrected chi connectivity index (χ3v) is 4.24. The zero-order valence-electron chi connectivity index (χ0n) is 13.3. The van der Waals surface area contributed by atoms with Gasteiger partial charge in [0.25, 0.3) is 0 Å². The van der Waals surface area contributed by atoms with Gasteiger partial charge < -0.3 is 14.8 Å². The van der Waals surface area contributed by atoms with Crippen molar-refractivity contribution >= 4 is 34.1 Å². The standard InChI is InChI=1S/C19H15ClN2O3/c20-14-9-13-2-1-7-21-19(13)15(10-14)22-18(23)6-4-12-3-5-16-17(8-12)25-11-24-16/h1-3,5,7-10H,4,6,11H2,(H,22,23). The quantitative estimate of drug-likeness (QED) is 0.763. The number of hydrogen-bond acceptors (Lipinski definition) is 4. The molecular weight excluding hydrogens is 340 g/mol. The number of carbonyl (C=O) groups excluding carboxylic acids is 1. The van der Waals surface area contributed by atoms with E-state index in [-0.39, 0.29) is 12.7 Å². The molecule has 1 aliphatic heterocycles. The van der Waals surface area contributed by atoms with Crippen LogP contribution in [-0.2, 0) is 11.2 Å². The van der Waals surface area contributed by atoms with Crippen molar-refractivity contribution in [3.8, 4) is 11.5 Å². The van der Waals surface area contributed by atoms with Gasteiger partial charge in [-0.15, -0.1) is 0 Å². The highest BCUT2D eigenvalue weighted by Gasteiger charge is 2.14. The van der Waals surface area contributed by atoms with E-state index in [1.807, 2.05) is 36.4 Å². The molecule has 3 aromatic rings. The van der Waals surface area contributed by atoms with E-state index in [4.69, 9.17) is 21.1 Å². The summed E-state index contributed by atoms with van der Waals surface area (Å²) in [5.41, 5.74) is 2.37. The average Bonchev–Trinajstić information content (AvgIpc) is 3.07. The highest BCUT2D eigenvalue weighted by Crippen LogP contribution is 2.33. The second-order valence-corrected chi connectivity index (χ2v) is 6.20. The van der Waals surface area contributed by atoms with Gasteiger partial charge in [-0.3, -0.25) is 9.78 Å². The number of anilines is 1. The minimum Gasteiger partial charge on any atom is -0.454 e. The zero-order chi connectivity index (χ0) is 17.2. The number of rotatable bonds is 4. The number of amides is 1. The lowest BCUT2D eigenvalue weighted by molar-refractivity contribution is -0.116. The van der Waals surface area contributed by atoms with Crippen LogP contribution in [0.4, 0.5) is 5.69 Å². The minimum absolute atomic E-state index is 0.0908. The van der Waals surface area contributed by atoms with E-state index in [0.29, 0.717) is 23.6 Å². The summed E-state index contributed by atoms with van der Waals surface area (Å²) in [5.74, 6) is 1.37. The first-order valence-corrected chi connectivity index (χ1v) is 8.29. The van der Waals surface area contributed by atoms with Crippen molar-refractivity contribution in [2.75, 3.05) is 12.1 Å². The van der Waals surface area contributed by atoms with Crippen LogP contribution in [0.3, 0.4) is 0 Å². The third kappa shape index (κ3) is 3.37. The summed E-state index contributed by atoms with van der Waals surface area (Å²) >= 11 is 6.13. The van der Waals surface area contributed by atoms with Gasteiger partial charge in [-0.05, 0) is 42.3 Å². The first-order valence-electron chi connectivity index (χ1n) is 7.92. The molecule has 5 nitrogen and oxygen atoms in total. The second-order valence-electron chi connectivity index (χ2n) is 5.76. The molecule has 126 valence electrons. The molecule has 6 heteroatoms. The summed E-state index contributed by atoms with van der Waals surface area (Å²) in [6.07, 6.45) is 2.65. The van der Waals surface area contributed by atoms with Gasteiger partial charge in [0, 0.05) is 23.0 Å². The number of pyridine rings is 1. The molecule has 0 saturated heterocycles. The molecule has 1 aromatic heterocycles. The van der Waals surface area contributed by atoms with Crippen LogP contribution in [0.15, 0.2) is 48.7 Å². The molecule has 0 atom stereocenters. The van der Waals surface area contributed by atoms with Gasteiger partial charge >= 0.3 is 0 Å². The lowest BCUT2D eigenvalue weighted by Crippen LogP contribution is -2.13. The molecule has 2 heterocycles. The Bertz CT molecular complexity index is 959. The maximum absolute atomic E-state index is 12.3. The van der Waals surface area contributed by atoms with Gasteiger partial charge in [0.2, 0.25) is 12.7 Å². The lowest BCUT2D eigenvalue weighted by atomic mass is 10.1. The molecule has 0 fully saturated rings. The molecule has 2 aromatic carbocycles. The summed E-state index contributed by atoms with van der Waals surface area (Å²) in [6, 6.07) is 13.0. The first-order chi connectivity index (χ1) is 12.2. The number of carbonyl (C=O) groups is 1. The molecule has 0 spiro atoms. The SMILES string of the molecule is O=C(CCc1ccc2c(c1)OCO2)Nc1cc(Cl)cc2cccnc12. The molecule has 0 bridgehead atoms. The van der Waals surface area contributed by atoms with Crippen LogP contribution in [-0.4, -0.2) is 17.7 Å². The number of nitrogens with zero attached hydrogens (tertiary/aromatic N) is 1. The predicted molar refractivity (Wildman–Crippen MR) is 96.3 cm³/mol. The van der Waals surface area contributed by atoms with E-state index >= 15 is 0 Å². The Kier molecular flexibility index (Phi) is 4.15. The number of nitrogens with one attached hydrogen (secondary N) is 1. The Hall–Kier alpha value is -2.79. The third-order valence-electron chi connectivity index (χ3n) is 4.02. The second kappa shape index (κ2) is 6.61. The summed E-state index contributed by atoms with van der Waals surface area (Å²) in [4.78, 5) is 16.7. The van der Waals surface area contributed by atoms with Crippen molar-refractivity contribution < 1.29 is 14.3 Å². The van der Waals surface area contributed by atoms with Crippen LogP contribution in [0.1, 0.15) is 12.0 Å². The van der Waals surface area contributed by atoms with Gasteiger partial charge in [-0.1, -0.05) is 23.7 Å². The topological polar surface area (TPSA) is 60.5 Å². The fourth-order valence-corrected chi connectivity index (χ4v) is 3.04.